The van der Waals surface area contributed by atoms with Crippen molar-refractivity contribution in [3.63, 3.8) is 0 Å². The van der Waals surface area contributed by atoms with Crippen LogP contribution in [0.25, 0.3) is 0 Å². The van der Waals surface area contributed by atoms with Gasteiger partial charge in [0.15, 0.2) is 5.96 Å². The third-order valence-electron chi connectivity index (χ3n) is 5.82. The fourth-order valence-corrected chi connectivity index (χ4v) is 3.97. The molecule has 2 heterocycles. The monoisotopic (exact) mass is 372 g/mol. The Labute approximate surface area is 164 Å². The minimum atomic E-state index is 0.0255. The molecule has 2 fully saturated rings. The smallest absolute Gasteiger partial charge is 0.193 e. The molecule has 0 radical (unpaired) electrons. The summed E-state index contributed by atoms with van der Waals surface area (Å²) in [6, 6.07) is 9.49. The third-order valence-corrected chi connectivity index (χ3v) is 5.82. The van der Waals surface area contributed by atoms with Crippen LogP contribution < -0.4 is 5.32 Å². The second-order valence-electron chi connectivity index (χ2n) is 8.46. The zero-order chi connectivity index (χ0) is 19.3. The van der Waals surface area contributed by atoms with Crippen molar-refractivity contribution in [1.29, 1.82) is 0 Å². The van der Waals surface area contributed by atoms with Crippen molar-refractivity contribution in [3.05, 3.63) is 35.4 Å². The number of likely N-dealkylation sites (tertiary alicyclic amines) is 1. The molecule has 0 bridgehead atoms. The van der Waals surface area contributed by atoms with E-state index in [1.807, 2.05) is 0 Å². The highest BCUT2D eigenvalue weighted by molar-refractivity contribution is 5.80. The average molecular weight is 373 g/mol. The maximum atomic E-state index is 5.51. The van der Waals surface area contributed by atoms with Gasteiger partial charge in [-0.2, -0.15) is 0 Å². The lowest BCUT2D eigenvalue weighted by molar-refractivity contribution is 0.0195. The first-order chi connectivity index (χ1) is 13.0. The van der Waals surface area contributed by atoms with E-state index >= 15 is 0 Å². The van der Waals surface area contributed by atoms with Gasteiger partial charge in [0, 0.05) is 44.2 Å². The van der Waals surface area contributed by atoms with Crippen LogP contribution in [-0.2, 0) is 10.2 Å². The van der Waals surface area contributed by atoms with E-state index in [-0.39, 0.29) is 5.41 Å². The van der Waals surface area contributed by atoms with Crippen molar-refractivity contribution in [2.45, 2.75) is 45.6 Å². The zero-order valence-corrected chi connectivity index (χ0v) is 17.5. The molecule has 1 unspecified atom stereocenters. The number of hydrogen-bond donors (Lipinski definition) is 1. The molecular formula is C22H36N4O. The van der Waals surface area contributed by atoms with Crippen LogP contribution in [0.5, 0.6) is 0 Å². The topological polar surface area (TPSA) is 40.1 Å². The number of aliphatic imine (C=N–C) groups is 1. The first-order valence-electron chi connectivity index (χ1n) is 10.4. The molecule has 1 N–H and O–H groups in total. The molecule has 1 aromatic carbocycles. The van der Waals surface area contributed by atoms with E-state index in [2.05, 4.69) is 67.1 Å². The fraction of sp³-hybridized carbons (Fsp3) is 0.682. The summed E-state index contributed by atoms with van der Waals surface area (Å²) in [4.78, 5) is 10.1. The van der Waals surface area contributed by atoms with Crippen LogP contribution in [0, 0.1) is 6.92 Å². The van der Waals surface area contributed by atoms with E-state index in [0.717, 1.165) is 58.4 Å². The predicted molar refractivity (Wildman–Crippen MR) is 113 cm³/mol. The van der Waals surface area contributed by atoms with Crippen molar-refractivity contribution in [2.75, 3.05) is 52.5 Å². The van der Waals surface area contributed by atoms with Gasteiger partial charge in [-0.15, -0.1) is 0 Å². The number of benzene rings is 1. The van der Waals surface area contributed by atoms with E-state index in [1.165, 1.54) is 17.5 Å². The Morgan fingerprint density at radius 2 is 1.89 bits per heavy atom. The highest BCUT2D eigenvalue weighted by Gasteiger charge is 2.30. The van der Waals surface area contributed by atoms with Gasteiger partial charge >= 0.3 is 0 Å². The predicted octanol–water partition coefficient (Wildman–Crippen LogP) is 2.64. The first kappa shape index (κ1) is 20.2. The summed E-state index contributed by atoms with van der Waals surface area (Å²) in [7, 11) is 0. The van der Waals surface area contributed by atoms with E-state index in [0.29, 0.717) is 6.04 Å². The number of rotatable bonds is 5. The minimum absolute atomic E-state index is 0.0255. The number of nitrogens with zero attached hydrogens (tertiary/aromatic N) is 3. The van der Waals surface area contributed by atoms with E-state index in [1.54, 1.807) is 0 Å². The number of guanidine groups is 1. The lowest BCUT2D eigenvalue weighted by atomic mass is 9.84. The van der Waals surface area contributed by atoms with Crippen LogP contribution in [0.15, 0.2) is 29.3 Å². The van der Waals surface area contributed by atoms with Gasteiger partial charge in [-0.25, -0.2) is 0 Å². The zero-order valence-electron chi connectivity index (χ0n) is 17.5. The van der Waals surface area contributed by atoms with Crippen molar-refractivity contribution >= 4 is 5.96 Å². The van der Waals surface area contributed by atoms with Crippen molar-refractivity contribution < 1.29 is 4.74 Å². The molecule has 0 aromatic heterocycles. The highest BCUT2D eigenvalue weighted by Crippen LogP contribution is 2.24. The van der Waals surface area contributed by atoms with Crippen LogP contribution in [-0.4, -0.2) is 74.3 Å². The summed E-state index contributed by atoms with van der Waals surface area (Å²) in [5, 5.41) is 3.51. The molecule has 2 aliphatic rings. The van der Waals surface area contributed by atoms with E-state index in [4.69, 9.17) is 9.73 Å². The Bertz CT molecular complexity index is 620. The lowest BCUT2D eigenvalue weighted by Gasteiger charge is -2.32. The van der Waals surface area contributed by atoms with Gasteiger partial charge in [0.1, 0.15) is 0 Å². The van der Waals surface area contributed by atoms with Gasteiger partial charge in [-0.3, -0.25) is 9.89 Å². The Kier molecular flexibility index (Phi) is 6.77. The Morgan fingerprint density at radius 1 is 1.19 bits per heavy atom. The molecule has 0 spiro atoms. The molecule has 2 aliphatic heterocycles. The first-order valence-corrected chi connectivity index (χ1v) is 10.4. The quantitative estimate of drug-likeness (QED) is 0.637. The van der Waals surface area contributed by atoms with Crippen molar-refractivity contribution in [2.24, 2.45) is 4.99 Å². The second-order valence-corrected chi connectivity index (χ2v) is 8.46. The normalized spacial score (nSPS) is 22.3. The summed E-state index contributed by atoms with van der Waals surface area (Å²) in [6.07, 6.45) is 1.21. The molecule has 3 rings (SSSR count). The van der Waals surface area contributed by atoms with Gasteiger partial charge in [-0.1, -0.05) is 43.7 Å². The largest absolute Gasteiger partial charge is 0.379 e. The molecule has 0 aliphatic carbocycles. The SMILES string of the molecule is CCNC(=NCC(C)(C)c1ccc(C)cc1)N1CCC(N2CCOCC2)C1. The molecule has 1 atom stereocenters. The standard InChI is InChI=1S/C22H36N4O/c1-5-23-21(24-17-22(3,4)19-8-6-18(2)7-9-19)26-11-10-20(16-26)25-12-14-27-15-13-25/h6-9,20H,5,10-17H2,1-4H3,(H,23,24). The van der Waals surface area contributed by atoms with Crippen LogP contribution >= 0.6 is 0 Å². The maximum Gasteiger partial charge on any atom is 0.193 e. The van der Waals surface area contributed by atoms with Crippen LogP contribution in [0.2, 0.25) is 0 Å². The number of morpholine rings is 1. The van der Waals surface area contributed by atoms with Gasteiger partial charge in [0.2, 0.25) is 0 Å². The molecule has 5 nitrogen and oxygen atoms in total. The van der Waals surface area contributed by atoms with Gasteiger partial charge in [-0.05, 0) is 25.8 Å². The fourth-order valence-electron chi connectivity index (χ4n) is 3.97. The number of aryl methyl sites for hydroxylation is 1. The lowest BCUT2D eigenvalue weighted by Crippen LogP contribution is -2.47. The van der Waals surface area contributed by atoms with Gasteiger partial charge in [0.25, 0.3) is 0 Å². The maximum absolute atomic E-state index is 5.51. The third kappa shape index (κ3) is 5.23. The van der Waals surface area contributed by atoms with Gasteiger partial charge in [0.05, 0.1) is 19.8 Å². The molecule has 27 heavy (non-hydrogen) atoms. The Hall–Kier alpha value is -1.59. The van der Waals surface area contributed by atoms with Crippen LogP contribution in [0.1, 0.15) is 38.3 Å². The molecule has 150 valence electrons. The number of hydrogen-bond acceptors (Lipinski definition) is 3. The summed E-state index contributed by atoms with van der Waals surface area (Å²) in [6.45, 7) is 16.6. The second kappa shape index (κ2) is 9.07. The summed E-state index contributed by atoms with van der Waals surface area (Å²) >= 11 is 0. The summed E-state index contributed by atoms with van der Waals surface area (Å²) in [5.41, 5.74) is 2.68. The van der Waals surface area contributed by atoms with Gasteiger partial charge < -0.3 is 15.0 Å². The van der Waals surface area contributed by atoms with Crippen LogP contribution in [0.3, 0.4) is 0 Å². The van der Waals surface area contributed by atoms with Crippen molar-refractivity contribution in [1.82, 2.24) is 15.1 Å². The average Bonchev–Trinajstić information content (AvgIpc) is 3.16. The highest BCUT2D eigenvalue weighted by atomic mass is 16.5. The molecule has 2 saturated heterocycles. The molecule has 0 saturated carbocycles. The molecule has 5 heteroatoms. The molecule has 0 amide bonds. The molecular weight excluding hydrogens is 336 g/mol. The Balaban J connectivity index is 1.64. The van der Waals surface area contributed by atoms with E-state index in [9.17, 15) is 0 Å². The minimum Gasteiger partial charge on any atom is -0.379 e. The van der Waals surface area contributed by atoms with Crippen molar-refractivity contribution in [3.8, 4) is 0 Å². The Morgan fingerprint density at radius 3 is 2.56 bits per heavy atom. The summed E-state index contributed by atoms with van der Waals surface area (Å²) < 4.78 is 5.51. The number of nitrogens with one attached hydrogen (secondary N) is 1. The van der Waals surface area contributed by atoms with E-state index < -0.39 is 0 Å². The van der Waals surface area contributed by atoms with Crippen LogP contribution in [0.4, 0.5) is 0 Å². The molecule has 1 aromatic rings. The number of ether oxygens (including phenoxy) is 1. The summed E-state index contributed by atoms with van der Waals surface area (Å²) in [5.74, 6) is 1.06.